The Hall–Kier alpha value is -1.40. The van der Waals surface area contributed by atoms with Crippen LogP contribution in [-0.2, 0) is 4.74 Å². The molecular weight excluding hydrogens is 300 g/mol. The Morgan fingerprint density at radius 3 is 2.09 bits per heavy atom. The second kappa shape index (κ2) is 7.01. The number of nitrogens with zero attached hydrogens (tertiary/aromatic N) is 3. The molecule has 0 unspecified atom stereocenters. The Morgan fingerprint density at radius 1 is 1.00 bits per heavy atom. The highest BCUT2D eigenvalue weighted by atomic mass is 19.4. The average molecular weight is 325 g/mol. The quantitative estimate of drug-likeness (QED) is 0.795. The molecule has 0 amide bonds. The zero-order valence-corrected chi connectivity index (χ0v) is 13.9. The first-order valence-electron chi connectivity index (χ1n) is 8.36. The molecular formula is C17H25F2N3O. The van der Waals surface area contributed by atoms with Crippen molar-refractivity contribution in [2.75, 3.05) is 49.6 Å². The number of benzene rings is 1. The second-order valence-corrected chi connectivity index (χ2v) is 6.53. The summed E-state index contributed by atoms with van der Waals surface area (Å²) in [5, 5.41) is -0.779. The van der Waals surface area contributed by atoms with Gasteiger partial charge in [-0.05, 0) is 55.3 Å². The number of hydrogen-bond acceptors (Lipinski definition) is 4. The van der Waals surface area contributed by atoms with Crippen LogP contribution in [0.25, 0.3) is 0 Å². The molecule has 2 fully saturated rings. The van der Waals surface area contributed by atoms with Gasteiger partial charge in [-0.3, -0.25) is 4.90 Å². The third-order valence-corrected chi connectivity index (χ3v) is 5.04. The van der Waals surface area contributed by atoms with Gasteiger partial charge in [0, 0.05) is 37.9 Å². The molecule has 1 aromatic rings. The highest BCUT2D eigenvalue weighted by Gasteiger charge is 2.26. The van der Waals surface area contributed by atoms with Crippen molar-refractivity contribution < 1.29 is 13.7 Å². The number of ether oxygens (including phenoxy) is 1. The maximum atomic E-state index is 12.9. The lowest BCUT2D eigenvalue weighted by Crippen LogP contribution is -2.49. The molecule has 128 valence electrons. The van der Waals surface area contributed by atoms with Gasteiger partial charge in [0.2, 0.25) is 0 Å². The number of rotatable bonds is 3. The molecule has 4 nitrogen and oxygen atoms in total. The van der Waals surface area contributed by atoms with Gasteiger partial charge < -0.3 is 9.64 Å². The van der Waals surface area contributed by atoms with E-state index in [1.54, 1.807) is 13.8 Å². The van der Waals surface area contributed by atoms with Crippen LogP contribution >= 0.6 is 0 Å². The van der Waals surface area contributed by atoms with E-state index in [4.69, 9.17) is 4.74 Å². The molecule has 0 bridgehead atoms. The molecule has 0 aromatic heterocycles. The van der Waals surface area contributed by atoms with Crippen molar-refractivity contribution in [3.8, 4) is 0 Å². The molecule has 0 aliphatic carbocycles. The predicted molar refractivity (Wildman–Crippen MR) is 88.2 cm³/mol. The molecule has 0 radical (unpaired) electrons. The third-order valence-electron chi connectivity index (χ3n) is 5.04. The van der Waals surface area contributed by atoms with E-state index in [9.17, 15) is 8.96 Å². The molecule has 2 heterocycles. The Morgan fingerprint density at radius 2 is 1.57 bits per heavy atom. The molecule has 2 aliphatic heterocycles. The molecule has 2 aliphatic rings. The fraction of sp³-hybridized carbons (Fsp3) is 0.647. The Labute approximate surface area is 136 Å². The van der Waals surface area contributed by atoms with E-state index in [0.29, 0.717) is 17.2 Å². The first-order chi connectivity index (χ1) is 11.1. The van der Waals surface area contributed by atoms with Crippen LogP contribution in [0, 0.1) is 13.8 Å². The zero-order chi connectivity index (χ0) is 16.4. The van der Waals surface area contributed by atoms with E-state index >= 15 is 0 Å². The van der Waals surface area contributed by atoms with E-state index in [0.717, 1.165) is 57.9 Å². The van der Waals surface area contributed by atoms with E-state index < -0.39 is 5.34 Å². The lowest BCUT2D eigenvalue weighted by atomic mass is 10.0. The van der Waals surface area contributed by atoms with Crippen LogP contribution in [0.3, 0.4) is 0 Å². The summed E-state index contributed by atoms with van der Waals surface area (Å²) in [5.74, 6) is 0. The zero-order valence-electron chi connectivity index (χ0n) is 13.9. The predicted octanol–water partition coefficient (Wildman–Crippen LogP) is 3.18. The minimum Gasteiger partial charge on any atom is -0.379 e. The van der Waals surface area contributed by atoms with Gasteiger partial charge in [-0.25, -0.2) is 0 Å². The highest BCUT2D eigenvalue weighted by molar-refractivity contribution is 5.64. The number of aryl methyl sites for hydroxylation is 2. The van der Waals surface area contributed by atoms with Crippen molar-refractivity contribution in [3.63, 3.8) is 0 Å². The van der Waals surface area contributed by atoms with Gasteiger partial charge in [0.05, 0.1) is 13.2 Å². The molecule has 0 atom stereocenters. The molecule has 2 saturated heterocycles. The van der Waals surface area contributed by atoms with E-state index in [1.807, 2.05) is 12.1 Å². The summed E-state index contributed by atoms with van der Waals surface area (Å²) < 4.78 is 31.3. The summed E-state index contributed by atoms with van der Waals surface area (Å²) >= 11 is 0. The summed E-state index contributed by atoms with van der Waals surface area (Å²) in [5.41, 5.74) is 2.34. The van der Waals surface area contributed by atoms with Crippen LogP contribution in [0.15, 0.2) is 12.1 Å². The first kappa shape index (κ1) is 16.5. The van der Waals surface area contributed by atoms with Crippen molar-refractivity contribution in [3.05, 3.63) is 23.3 Å². The standard InChI is InChI=1S/C17H25F2N3O/c1-13-11-16(12-14(2)17(13)22(18)19)20-5-3-15(4-6-20)21-7-9-23-10-8-21/h11-12,15H,3-10H2,1-2H3. The minimum absolute atomic E-state index is 0.0250. The van der Waals surface area contributed by atoms with Gasteiger partial charge in [-0.1, -0.05) is 8.96 Å². The van der Waals surface area contributed by atoms with Gasteiger partial charge in [0.15, 0.2) is 0 Å². The summed E-state index contributed by atoms with van der Waals surface area (Å²) in [6, 6.07) is 4.39. The maximum Gasteiger partial charge on any atom is 0.111 e. The Kier molecular flexibility index (Phi) is 5.02. The van der Waals surface area contributed by atoms with Gasteiger partial charge in [-0.15, -0.1) is 0 Å². The molecule has 23 heavy (non-hydrogen) atoms. The van der Waals surface area contributed by atoms with Crippen molar-refractivity contribution in [2.24, 2.45) is 0 Å². The van der Waals surface area contributed by atoms with Crippen LogP contribution in [0.5, 0.6) is 0 Å². The van der Waals surface area contributed by atoms with Gasteiger partial charge >= 0.3 is 0 Å². The Bertz CT molecular complexity index is 516. The molecule has 3 rings (SSSR count). The first-order valence-corrected chi connectivity index (χ1v) is 8.36. The number of morpholine rings is 1. The SMILES string of the molecule is Cc1cc(N2CCC(N3CCOCC3)CC2)cc(C)c1N(F)F. The highest BCUT2D eigenvalue weighted by Crippen LogP contribution is 2.32. The Balaban J connectivity index is 1.65. The molecule has 1 aromatic carbocycles. The number of hydrogen-bond donors (Lipinski definition) is 0. The average Bonchev–Trinajstić information content (AvgIpc) is 2.55. The van der Waals surface area contributed by atoms with Crippen molar-refractivity contribution in [1.29, 1.82) is 0 Å². The van der Waals surface area contributed by atoms with Crippen LogP contribution in [0.4, 0.5) is 20.3 Å². The monoisotopic (exact) mass is 325 g/mol. The van der Waals surface area contributed by atoms with Crippen molar-refractivity contribution in [2.45, 2.75) is 32.7 Å². The second-order valence-electron chi connectivity index (χ2n) is 6.53. The van der Waals surface area contributed by atoms with Gasteiger partial charge in [0.25, 0.3) is 0 Å². The van der Waals surface area contributed by atoms with Crippen LogP contribution < -0.4 is 10.2 Å². The largest absolute Gasteiger partial charge is 0.379 e. The van der Waals surface area contributed by atoms with E-state index in [-0.39, 0.29) is 5.69 Å². The smallest absolute Gasteiger partial charge is 0.111 e. The van der Waals surface area contributed by atoms with Crippen LogP contribution in [-0.4, -0.2) is 50.3 Å². The van der Waals surface area contributed by atoms with E-state index in [1.165, 1.54) is 0 Å². The fourth-order valence-electron chi connectivity index (χ4n) is 3.81. The number of anilines is 2. The molecule has 0 saturated carbocycles. The lowest BCUT2D eigenvalue weighted by Gasteiger charge is -2.41. The third kappa shape index (κ3) is 3.58. The summed E-state index contributed by atoms with van der Waals surface area (Å²) in [7, 11) is 0. The number of halogens is 2. The minimum atomic E-state index is -0.779. The fourth-order valence-corrected chi connectivity index (χ4v) is 3.81. The van der Waals surface area contributed by atoms with Crippen molar-refractivity contribution in [1.82, 2.24) is 4.90 Å². The molecule has 0 N–H and O–H groups in total. The maximum absolute atomic E-state index is 12.9. The van der Waals surface area contributed by atoms with E-state index in [2.05, 4.69) is 9.80 Å². The molecule has 0 spiro atoms. The lowest BCUT2D eigenvalue weighted by molar-refractivity contribution is 0.0115. The summed E-state index contributed by atoms with van der Waals surface area (Å²) in [4.78, 5) is 4.85. The normalized spacial score (nSPS) is 20.8. The number of piperidine rings is 1. The van der Waals surface area contributed by atoms with Crippen LogP contribution in [0.2, 0.25) is 0 Å². The molecule has 6 heteroatoms. The van der Waals surface area contributed by atoms with Gasteiger partial charge in [0.1, 0.15) is 5.69 Å². The van der Waals surface area contributed by atoms with Gasteiger partial charge in [-0.2, -0.15) is 0 Å². The van der Waals surface area contributed by atoms with Crippen molar-refractivity contribution >= 4 is 11.4 Å². The topological polar surface area (TPSA) is 19.0 Å². The summed E-state index contributed by atoms with van der Waals surface area (Å²) in [6.07, 6.45) is 2.25. The summed E-state index contributed by atoms with van der Waals surface area (Å²) in [6.45, 7) is 9.19. The van der Waals surface area contributed by atoms with Crippen LogP contribution in [0.1, 0.15) is 24.0 Å².